The minimum Gasteiger partial charge on any atom is -0.481 e. The largest absolute Gasteiger partial charge is 0.481 e. The highest BCUT2D eigenvalue weighted by Crippen LogP contribution is 2.19. The van der Waals surface area contributed by atoms with Gasteiger partial charge in [0.15, 0.2) is 0 Å². The molecular weight excluding hydrogens is 294 g/mol. The molecule has 0 bridgehead atoms. The summed E-state index contributed by atoms with van der Waals surface area (Å²) in [5.74, 6) is -0.888. The van der Waals surface area contributed by atoms with Crippen LogP contribution in [0.4, 0.5) is 0 Å². The van der Waals surface area contributed by atoms with E-state index in [0.717, 1.165) is 5.56 Å². The number of rotatable bonds is 8. The highest BCUT2D eigenvalue weighted by atomic mass is 32.2. The van der Waals surface area contributed by atoms with Crippen LogP contribution in [0, 0.1) is 0 Å². The number of carboxylic acids is 1. The SMILES string of the molecule is CC(C)N(CCO)S(=O)(=O)c1ccc(CCC(=O)O)cc1. The molecule has 0 aromatic heterocycles. The Hall–Kier alpha value is -1.44. The van der Waals surface area contributed by atoms with Crippen LogP contribution in [0.5, 0.6) is 0 Å². The number of aliphatic hydroxyl groups excluding tert-OH is 1. The maximum Gasteiger partial charge on any atom is 0.303 e. The zero-order valence-electron chi connectivity index (χ0n) is 12.2. The first-order valence-corrected chi connectivity index (χ1v) is 8.16. The van der Waals surface area contributed by atoms with Crippen molar-refractivity contribution in [2.24, 2.45) is 0 Å². The van der Waals surface area contributed by atoms with Gasteiger partial charge in [0.1, 0.15) is 0 Å². The van der Waals surface area contributed by atoms with Gasteiger partial charge in [-0.2, -0.15) is 4.31 Å². The Kier molecular flexibility index (Phi) is 6.32. The van der Waals surface area contributed by atoms with Crippen molar-refractivity contribution in [2.75, 3.05) is 13.2 Å². The molecular formula is C14H21NO5S. The normalized spacial score (nSPS) is 12.0. The Bertz CT molecular complexity index is 566. The zero-order valence-corrected chi connectivity index (χ0v) is 13.0. The van der Waals surface area contributed by atoms with Crippen molar-refractivity contribution in [1.82, 2.24) is 4.31 Å². The lowest BCUT2D eigenvalue weighted by Gasteiger charge is -2.25. The number of aryl methyl sites for hydroxylation is 1. The van der Waals surface area contributed by atoms with Gasteiger partial charge in [-0.1, -0.05) is 12.1 Å². The van der Waals surface area contributed by atoms with Crippen molar-refractivity contribution < 1.29 is 23.4 Å². The summed E-state index contributed by atoms with van der Waals surface area (Å²) >= 11 is 0. The molecule has 0 fully saturated rings. The van der Waals surface area contributed by atoms with Crippen LogP contribution in [0.3, 0.4) is 0 Å². The van der Waals surface area contributed by atoms with E-state index in [2.05, 4.69) is 0 Å². The summed E-state index contributed by atoms with van der Waals surface area (Å²) in [5, 5.41) is 17.6. The first kappa shape index (κ1) is 17.6. The molecule has 0 heterocycles. The van der Waals surface area contributed by atoms with Gasteiger partial charge in [-0.15, -0.1) is 0 Å². The molecule has 21 heavy (non-hydrogen) atoms. The highest BCUT2D eigenvalue weighted by molar-refractivity contribution is 7.89. The number of nitrogens with zero attached hydrogens (tertiary/aromatic N) is 1. The van der Waals surface area contributed by atoms with Crippen molar-refractivity contribution in [2.45, 2.75) is 37.6 Å². The van der Waals surface area contributed by atoms with Gasteiger partial charge in [-0.05, 0) is 38.0 Å². The number of aliphatic carboxylic acids is 1. The lowest BCUT2D eigenvalue weighted by molar-refractivity contribution is -0.136. The molecule has 118 valence electrons. The molecule has 2 N–H and O–H groups in total. The number of carbonyl (C=O) groups is 1. The maximum absolute atomic E-state index is 12.5. The third-order valence-corrected chi connectivity index (χ3v) is 5.14. The Morgan fingerprint density at radius 3 is 2.24 bits per heavy atom. The predicted molar refractivity (Wildman–Crippen MR) is 78.5 cm³/mol. The molecule has 0 aliphatic heterocycles. The first-order chi connectivity index (χ1) is 9.78. The monoisotopic (exact) mass is 315 g/mol. The molecule has 0 saturated carbocycles. The van der Waals surface area contributed by atoms with Crippen LogP contribution in [-0.2, 0) is 21.2 Å². The van der Waals surface area contributed by atoms with Gasteiger partial charge >= 0.3 is 5.97 Å². The van der Waals surface area contributed by atoms with Gasteiger partial charge in [0.25, 0.3) is 0 Å². The summed E-state index contributed by atoms with van der Waals surface area (Å²) in [4.78, 5) is 10.7. The van der Waals surface area contributed by atoms with Gasteiger partial charge in [0.2, 0.25) is 10.0 Å². The Morgan fingerprint density at radius 2 is 1.81 bits per heavy atom. The summed E-state index contributed by atoms with van der Waals surface area (Å²) in [6.45, 7) is 3.29. The standard InChI is InChI=1S/C14H21NO5S/c1-11(2)15(9-10-16)21(19,20)13-6-3-12(4-7-13)5-8-14(17)18/h3-4,6-7,11,16H,5,8-10H2,1-2H3,(H,17,18). The van der Waals surface area contributed by atoms with Crippen molar-refractivity contribution in [3.8, 4) is 0 Å². The van der Waals surface area contributed by atoms with E-state index in [1.165, 1.54) is 16.4 Å². The number of hydrogen-bond acceptors (Lipinski definition) is 4. The van der Waals surface area contributed by atoms with E-state index in [9.17, 15) is 13.2 Å². The molecule has 0 atom stereocenters. The quantitative estimate of drug-likeness (QED) is 0.749. The molecule has 0 saturated heterocycles. The fourth-order valence-corrected chi connectivity index (χ4v) is 3.60. The summed E-state index contributed by atoms with van der Waals surface area (Å²) in [5.41, 5.74) is 0.773. The molecule has 7 heteroatoms. The van der Waals surface area contributed by atoms with Crippen LogP contribution in [0.1, 0.15) is 25.8 Å². The molecule has 0 aliphatic rings. The van der Waals surface area contributed by atoms with E-state index in [4.69, 9.17) is 10.2 Å². The topological polar surface area (TPSA) is 94.9 Å². The number of aliphatic hydroxyl groups is 1. The van der Waals surface area contributed by atoms with E-state index in [1.54, 1.807) is 26.0 Å². The average molecular weight is 315 g/mol. The van der Waals surface area contributed by atoms with Crippen molar-refractivity contribution in [3.63, 3.8) is 0 Å². The van der Waals surface area contributed by atoms with E-state index in [-0.39, 0.29) is 30.5 Å². The lowest BCUT2D eigenvalue weighted by Crippen LogP contribution is -2.38. The third-order valence-electron chi connectivity index (χ3n) is 3.05. The fraction of sp³-hybridized carbons (Fsp3) is 0.500. The van der Waals surface area contributed by atoms with Crippen molar-refractivity contribution >= 4 is 16.0 Å². The minimum absolute atomic E-state index is 0.00866. The van der Waals surface area contributed by atoms with E-state index in [1.807, 2.05) is 0 Å². The smallest absolute Gasteiger partial charge is 0.303 e. The molecule has 0 aliphatic carbocycles. The van der Waals surface area contributed by atoms with E-state index >= 15 is 0 Å². The van der Waals surface area contributed by atoms with E-state index < -0.39 is 16.0 Å². The van der Waals surface area contributed by atoms with E-state index in [0.29, 0.717) is 6.42 Å². The average Bonchev–Trinajstić information content (AvgIpc) is 2.42. The second kappa shape index (κ2) is 7.53. The summed E-state index contributed by atoms with van der Waals surface area (Å²) in [7, 11) is -3.65. The van der Waals surface area contributed by atoms with Gasteiger partial charge in [0.05, 0.1) is 11.5 Å². The molecule has 1 aromatic carbocycles. The van der Waals surface area contributed by atoms with Crippen LogP contribution in [0.15, 0.2) is 29.2 Å². The number of hydrogen-bond donors (Lipinski definition) is 2. The Morgan fingerprint density at radius 1 is 1.24 bits per heavy atom. The number of sulfonamides is 1. The molecule has 6 nitrogen and oxygen atoms in total. The fourth-order valence-electron chi connectivity index (χ4n) is 1.97. The predicted octanol–water partition coefficient (Wildman–Crippen LogP) is 1.10. The second-order valence-corrected chi connectivity index (χ2v) is 6.86. The second-order valence-electron chi connectivity index (χ2n) is 4.97. The molecule has 1 rings (SSSR count). The van der Waals surface area contributed by atoms with Crippen LogP contribution < -0.4 is 0 Å². The van der Waals surface area contributed by atoms with Gasteiger partial charge in [-0.25, -0.2) is 8.42 Å². The molecule has 0 unspecified atom stereocenters. The van der Waals surface area contributed by atoms with Crippen LogP contribution in [-0.4, -0.2) is 48.1 Å². The third kappa shape index (κ3) is 4.80. The lowest BCUT2D eigenvalue weighted by atomic mass is 10.1. The van der Waals surface area contributed by atoms with Crippen LogP contribution in [0.2, 0.25) is 0 Å². The minimum atomic E-state index is -3.65. The highest BCUT2D eigenvalue weighted by Gasteiger charge is 2.26. The molecule has 0 spiro atoms. The molecule has 0 radical (unpaired) electrons. The van der Waals surface area contributed by atoms with Gasteiger partial charge < -0.3 is 10.2 Å². The Labute approximate surface area is 125 Å². The summed E-state index contributed by atoms with van der Waals surface area (Å²) in [6, 6.07) is 5.92. The van der Waals surface area contributed by atoms with Crippen LogP contribution in [0.25, 0.3) is 0 Å². The van der Waals surface area contributed by atoms with Crippen LogP contribution >= 0.6 is 0 Å². The molecule has 1 aromatic rings. The van der Waals surface area contributed by atoms with Gasteiger partial charge in [-0.3, -0.25) is 4.79 Å². The number of benzene rings is 1. The first-order valence-electron chi connectivity index (χ1n) is 6.72. The Balaban J connectivity index is 2.95. The van der Waals surface area contributed by atoms with Gasteiger partial charge in [0, 0.05) is 19.0 Å². The summed E-state index contributed by atoms with van der Waals surface area (Å²) < 4.78 is 26.2. The number of carboxylic acid groups (broad SMARTS) is 1. The molecule has 0 amide bonds. The van der Waals surface area contributed by atoms with Crippen molar-refractivity contribution in [1.29, 1.82) is 0 Å². The maximum atomic E-state index is 12.5. The summed E-state index contributed by atoms with van der Waals surface area (Å²) in [6.07, 6.45) is 0.370. The van der Waals surface area contributed by atoms with Crippen molar-refractivity contribution in [3.05, 3.63) is 29.8 Å². The zero-order chi connectivity index (χ0) is 16.0.